The Morgan fingerprint density at radius 1 is 1.37 bits per heavy atom. The molecule has 1 fully saturated rings. The highest BCUT2D eigenvalue weighted by Crippen LogP contribution is 2.14. The van der Waals surface area contributed by atoms with E-state index in [9.17, 15) is 4.79 Å². The van der Waals surface area contributed by atoms with Crippen LogP contribution in [0.5, 0.6) is 0 Å². The molecular formula is C15H21ClN2O. The second-order valence-electron chi connectivity index (χ2n) is 4.95. The van der Waals surface area contributed by atoms with E-state index in [-0.39, 0.29) is 11.9 Å². The molecule has 1 saturated heterocycles. The van der Waals surface area contributed by atoms with Crippen molar-refractivity contribution in [2.24, 2.45) is 0 Å². The third kappa shape index (κ3) is 3.95. The average molecular weight is 281 g/mol. The molecule has 19 heavy (non-hydrogen) atoms. The van der Waals surface area contributed by atoms with Crippen molar-refractivity contribution in [1.29, 1.82) is 0 Å². The molecule has 0 aromatic heterocycles. The first-order valence-electron chi connectivity index (χ1n) is 6.97. The number of hydrogen-bond donors (Lipinski definition) is 1. The summed E-state index contributed by atoms with van der Waals surface area (Å²) in [7, 11) is 0. The SMILES string of the molecule is CCNC1CCCN(CCc2ccc(Cl)cc2)C1=O. The van der Waals surface area contributed by atoms with E-state index in [0.29, 0.717) is 0 Å². The molecule has 4 heteroatoms. The second-order valence-corrected chi connectivity index (χ2v) is 5.39. The lowest BCUT2D eigenvalue weighted by molar-refractivity contribution is -0.135. The predicted molar refractivity (Wildman–Crippen MR) is 78.4 cm³/mol. The van der Waals surface area contributed by atoms with E-state index in [0.717, 1.165) is 43.9 Å². The molecule has 1 aliphatic rings. The number of benzene rings is 1. The molecule has 0 bridgehead atoms. The fourth-order valence-electron chi connectivity index (χ4n) is 2.51. The van der Waals surface area contributed by atoms with Gasteiger partial charge in [-0.05, 0) is 43.5 Å². The fourth-order valence-corrected chi connectivity index (χ4v) is 2.64. The summed E-state index contributed by atoms with van der Waals surface area (Å²) in [6.07, 6.45) is 2.94. The zero-order valence-corrected chi connectivity index (χ0v) is 12.1. The summed E-state index contributed by atoms with van der Waals surface area (Å²) < 4.78 is 0. The zero-order valence-electron chi connectivity index (χ0n) is 11.4. The zero-order chi connectivity index (χ0) is 13.7. The third-order valence-electron chi connectivity index (χ3n) is 3.56. The van der Waals surface area contributed by atoms with Crippen LogP contribution in [0, 0.1) is 0 Å². The molecule has 0 saturated carbocycles. The van der Waals surface area contributed by atoms with Crippen LogP contribution in [0.2, 0.25) is 5.02 Å². The van der Waals surface area contributed by atoms with E-state index < -0.39 is 0 Å². The van der Waals surface area contributed by atoms with Gasteiger partial charge in [-0.15, -0.1) is 0 Å². The molecular weight excluding hydrogens is 260 g/mol. The fraction of sp³-hybridized carbons (Fsp3) is 0.533. The number of likely N-dealkylation sites (N-methyl/N-ethyl adjacent to an activating group) is 1. The van der Waals surface area contributed by atoms with E-state index in [1.165, 1.54) is 5.56 Å². The molecule has 1 N–H and O–H groups in total. The van der Waals surface area contributed by atoms with E-state index in [4.69, 9.17) is 11.6 Å². The number of carbonyl (C=O) groups is 1. The minimum Gasteiger partial charge on any atom is -0.341 e. The summed E-state index contributed by atoms with van der Waals surface area (Å²) in [6.45, 7) is 4.57. The number of nitrogens with one attached hydrogen (secondary N) is 1. The quantitative estimate of drug-likeness (QED) is 0.899. The van der Waals surface area contributed by atoms with Gasteiger partial charge in [0.25, 0.3) is 0 Å². The van der Waals surface area contributed by atoms with Gasteiger partial charge in [-0.3, -0.25) is 4.79 Å². The highest BCUT2D eigenvalue weighted by molar-refractivity contribution is 6.30. The molecule has 1 amide bonds. The number of carbonyl (C=O) groups excluding carboxylic acids is 1. The van der Waals surface area contributed by atoms with Crippen LogP contribution in [0.3, 0.4) is 0 Å². The molecule has 104 valence electrons. The van der Waals surface area contributed by atoms with Crippen molar-refractivity contribution < 1.29 is 4.79 Å². The minimum absolute atomic E-state index is 0.0176. The van der Waals surface area contributed by atoms with Crippen LogP contribution in [0.4, 0.5) is 0 Å². The standard InChI is InChI=1S/C15H21ClN2O/c1-2-17-14-4-3-10-18(15(14)19)11-9-12-5-7-13(16)8-6-12/h5-8,14,17H,2-4,9-11H2,1H3. The van der Waals surface area contributed by atoms with E-state index in [2.05, 4.69) is 5.32 Å². The van der Waals surface area contributed by atoms with Gasteiger partial charge in [0.05, 0.1) is 6.04 Å². The Bertz CT molecular complexity index is 417. The number of rotatable bonds is 5. The summed E-state index contributed by atoms with van der Waals surface area (Å²) >= 11 is 5.86. The molecule has 0 spiro atoms. The van der Waals surface area contributed by atoms with Gasteiger partial charge < -0.3 is 10.2 Å². The van der Waals surface area contributed by atoms with Crippen molar-refractivity contribution in [2.75, 3.05) is 19.6 Å². The molecule has 1 aromatic carbocycles. The second kappa shape index (κ2) is 6.92. The molecule has 1 heterocycles. The van der Waals surface area contributed by atoms with Crippen molar-refractivity contribution in [3.63, 3.8) is 0 Å². The van der Waals surface area contributed by atoms with Crippen molar-refractivity contribution in [3.8, 4) is 0 Å². The van der Waals surface area contributed by atoms with Crippen LogP contribution in [0.25, 0.3) is 0 Å². The smallest absolute Gasteiger partial charge is 0.239 e. The minimum atomic E-state index is 0.0176. The first-order valence-corrected chi connectivity index (χ1v) is 7.35. The molecule has 1 unspecified atom stereocenters. The Kier molecular flexibility index (Phi) is 5.23. The molecule has 2 rings (SSSR count). The van der Waals surface area contributed by atoms with Crippen molar-refractivity contribution >= 4 is 17.5 Å². The highest BCUT2D eigenvalue weighted by Gasteiger charge is 2.27. The first kappa shape index (κ1) is 14.4. The van der Waals surface area contributed by atoms with Gasteiger partial charge in [-0.1, -0.05) is 30.7 Å². The lowest BCUT2D eigenvalue weighted by Crippen LogP contribution is -2.51. The van der Waals surface area contributed by atoms with E-state index >= 15 is 0 Å². The number of piperidine rings is 1. The van der Waals surface area contributed by atoms with Gasteiger partial charge in [0.1, 0.15) is 0 Å². The largest absolute Gasteiger partial charge is 0.341 e. The van der Waals surface area contributed by atoms with Crippen LogP contribution in [-0.2, 0) is 11.2 Å². The Labute approximate surface area is 119 Å². The van der Waals surface area contributed by atoms with Crippen molar-refractivity contribution in [2.45, 2.75) is 32.2 Å². The maximum Gasteiger partial charge on any atom is 0.239 e. The number of likely N-dealkylation sites (tertiary alicyclic amines) is 1. The number of amides is 1. The number of hydrogen-bond acceptors (Lipinski definition) is 2. The monoisotopic (exact) mass is 280 g/mol. The average Bonchev–Trinajstić information content (AvgIpc) is 2.42. The van der Waals surface area contributed by atoms with Crippen LogP contribution in [0.15, 0.2) is 24.3 Å². The Morgan fingerprint density at radius 2 is 2.11 bits per heavy atom. The van der Waals surface area contributed by atoms with Crippen molar-refractivity contribution in [3.05, 3.63) is 34.9 Å². The molecule has 1 aromatic rings. The third-order valence-corrected chi connectivity index (χ3v) is 3.82. The first-order chi connectivity index (χ1) is 9.20. The normalized spacial score (nSPS) is 19.8. The Morgan fingerprint density at radius 3 is 2.79 bits per heavy atom. The maximum absolute atomic E-state index is 12.2. The van der Waals surface area contributed by atoms with Crippen LogP contribution >= 0.6 is 11.6 Å². The van der Waals surface area contributed by atoms with Crippen LogP contribution < -0.4 is 5.32 Å². The summed E-state index contributed by atoms with van der Waals surface area (Å²) in [4.78, 5) is 14.2. The van der Waals surface area contributed by atoms with Crippen LogP contribution in [-0.4, -0.2) is 36.5 Å². The van der Waals surface area contributed by atoms with Gasteiger partial charge in [0.2, 0.25) is 5.91 Å². The maximum atomic E-state index is 12.2. The molecule has 1 aliphatic heterocycles. The van der Waals surface area contributed by atoms with Gasteiger partial charge in [0, 0.05) is 18.1 Å². The Balaban J connectivity index is 1.88. The summed E-state index contributed by atoms with van der Waals surface area (Å²) in [5.41, 5.74) is 1.22. The van der Waals surface area contributed by atoms with E-state index in [1.54, 1.807) is 0 Å². The summed E-state index contributed by atoms with van der Waals surface area (Å²) in [6, 6.07) is 7.87. The Hall–Kier alpha value is -1.06. The van der Waals surface area contributed by atoms with E-state index in [1.807, 2.05) is 36.1 Å². The lowest BCUT2D eigenvalue weighted by Gasteiger charge is -2.32. The van der Waals surface area contributed by atoms with Gasteiger partial charge in [0.15, 0.2) is 0 Å². The molecule has 0 radical (unpaired) electrons. The lowest BCUT2D eigenvalue weighted by atomic mass is 10.0. The van der Waals surface area contributed by atoms with Gasteiger partial charge >= 0.3 is 0 Å². The number of halogens is 1. The van der Waals surface area contributed by atoms with Gasteiger partial charge in [-0.25, -0.2) is 0 Å². The van der Waals surface area contributed by atoms with Crippen LogP contribution in [0.1, 0.15) is 25.3 Å². The predicted octanol–water partition coefficient (Wildman–Crippen LogP) is 2.48. The highest BCUT2D eigenvalue weighted by atomic mass is 35.5. The molecule has 0 aliphatic carbocycles. The molecule has 3 nitrogen and oxygen atoms in total. The van der Waals surface area contributed by atoms with Crippen molar-refractivity contribution in [1.82, 2.24) is 10.2 Å². The summed E-state index contributed by atoms with van der Waals surface area (Å²) in [5, 5.41) is 4.02. The summed E-state index contributed by atoms with van der Waals surface area (Å²) in [5.74, 6) is 0.252. The molecule has 1 atom stereocenters. The van der Waals surface area contributed by atoms with Gasteiger partial charge in [-0.2, -0.15) is 0 Å². The topological polar surface area (TPSA) is 32.3 Å². The number of nitrogens with zero attached hydrogens (tertiary/aromatic N) is 1.